The van der Waals surface area contributed by atoms with E-state index >= 15 is 0 Å². The summed E-state index contributed by atoms with van der Waals surface area (Å²) >= 11 is 0. The van der Waals surface area contributed by atoms with Crippen molar-refractivity contribution < 1.29 is 19.4 Å². The average Bonchev–Trinajstić information content (AvgIpc) is 2.33. The van der Waals surface area contributed by atoms with E-state index in [9.17, 15) is 14.3 Å². The molecule has 0 radical (unpaired) electrons. The molecule has 17 heavy (non-hydrogen) atoms. The molecule has 1 aromatic carbocycles. The Morgan fingerprint density at radius 3 is 2.76 bits per heavy atom. The van der Waals surface area contributed by atoms with Gasteiger partial charge in [0.25, 0.3) is 5.91 Å². The molecule has 5 heteroatoms. The molecule has 1 rings (SSSR count). The van der Waals surface area contributed by atoms with Gasteiger partial charge in [0.05, 0.1) is 5.56 Å². The number of benzene rings is 1. The Balaban J connectivity index is 2.89. The van der Waals surface area contributed by atoms with Crippen LogP contribution in [-0.2, 0) is 0 Å². The van der Waals surface area contributed by atoms with Gasteiger partial charge in [0, 0.05) is 19.7 Å². The number of aliphatic hydroxyl groups excluding tert-OH is 1. The number of amides is 1. The minimum Gasteiger partial charge on any atom is -0.507 e. The minimum absolute atomic E-state index is 0.0150. The Kier molecular flexibility index (Phi) is 4.90. The summed E-state index contributed by atoms with van der Waals surface area (Å²) in [6, 6.07) is 3.26. The number of phenols is 1. The summed E-state index contributed by atoms with van der Waals surface area (Å²) in [5.74, 6) is -1.24. The summed E-state index contributed by atoms with van der Waals surface area (Å²) in [6.07, 6.45) is 0.454. The Bertz CT molecular complexity index is 395. The predicted molar refractivity (Wildman–Crippen MR) is 61.3 cm³/mol. The van der Waals surface area contributed by atoms with Gasteiger partial charge in [-0.15, -0.1) is 0 Å². The van der Waals surface area contributed by atoms with Crippen molar-refractivity contribution in [3.05, 3.63) is 29.6 Å². The molecule has 94 valence electrons. The van der Waals surface area contributed by atoms with Crippen molar-refractivity contribution in [2.24, 2.45) is 0 Å². The normalized spacial score (nSPS) is 10.3. The fraction of sp³-hybridized carbons (Fsp3) is 0.417. The lowest BCUT2D eigenvalue weighted by Crippen LogP contribution is -2.32. The van der Waals surface area contributed by atoms with Crippen LogP contribution in [0.2, 0.25) is 0 Å². The molecule has 0 unspecified atom stereocenters. The maximum absolute atomic E-state index is 13.0. The molecule has 1 aromatic rings. The summed E-state index contributed by atoms with van der Waals surface area (Å²) < 4.78 is 13.0. The zero-order valence-corrected chi connectivity index (χ0v) is 9.69. The van der Waals surface area contributed by atoms with Crippen LogP contribution >= 0.6 is 0 Å². The maximum Gasteiger partial charge on any atom is 0.257 e. The Labute approximate surface area is 99.3 Å². The van der Waals surface area contributed by atoms with Crippen molar-refractivity contribution in [2.45, 2.75) is 13.3 Å². The zero-order chi connectivity index (χ0) is 12.8. The van der Waals surface area contributed by atoms with E-state index in [1.807, 2.05) is 0 Å². The van der Waals surface area contributed by atoms with Crippen LogP contribution in [0.4, 0.5) is 4.39 Å². The van der Waals surface area contributed by atoms with Crippen LogP contribution in [0, 0.1) is 5.82 Å². The minimum atomic E-state index is -0.565. The molecule has 0 saturated heterocycles. The third-order valence-corrected chi connectivity index (χ3v) is 2.44. The van der Waals surface area contributed by atoms with E-state index in [4.69, 9.17) is 5.11 Å². The van der Waals surface area contributed by atoms with Gasteiger partial charge in [0.2, 0.25) is 0 Å². The summed E-state index contributed by atoms with van der Waals surface area (Å²) in [5.41, 5.74) is -0.0511. The first kappa shape index (κ1) is 13.4. The van der Waals surface area contributed by atoms with Gasteiger partial charge in [-0.1, -0.05) is 0 Å². The molecule has 0 aromatic heterocycles. The van der Waals surface area contributed by atoms with Crippen molar-refractivity contribution in [3.8, 4) is 5.75 Å². The number of nitrogens with zero attached hydrogens (tertiary/aromatic N) is 1. The first-order chi connectivity index (χ1) is 8.10. The van der Waals surface area contributed by atoms with Gasteiger partial charge in [0.1, 0.15) is 11.6 Å². The number of hydrogen-bond acceptors (Lipinski definition) is 3. The SMILES string of the molecule is CCN(CCCO)C(=O)c1cc(F)ccc1O. The second kappa shape index (κ2) is 6.20. The van der Waals surface area contributed by atoms with Crippen molar-refractivity contribution in [1.29, 1.82) is 0 Å². The summed E-state index contributed by atoms with van der Waals surface area (Å²) in [4.78, 5) is 13.4. The smallest absolute Gasteiger partial charge is 0.257 e. The average molecular weight is 241 g/mol. The molecule has 0 spiro atoms. The van der Waals surface area contributed by atoms with Crippen molar-refractivity contribution >= 4 is 5.91 Å². The third-order valence-electron chi connectivity index (χ3n) is 2.44. The predicted octanol–water partition coefficient (Wildman–Crippen LogP) is 1.38. The van der Waals surface area contributed by atoms with E-state index in [0.717, 1.165) is 18.2 Å². The molecule has 0 bridgehead atoms. The fourth-order valence-electron chi connectivity index (χ4n) is 1.51. The molecule has 0 saturated carbocycles. The largest absolute Gasteiger partial charge is 0.507 e. The maximum atomic E-state index is 13.0. The number of carbonyl (C=O) groups is 1. The number of aromatic hydroxyl groups is 1. The Hall–Kier alpha value is -1.62. The zero-order valence-electron chi connectivity index (χ0n) is 9.69. The molecule has 0 aliphatic rings. The van der Waals surface area contributed by atoms with E-state index in [-0.39, 0.29) is 17.9 Å². The number of phenolic OH excluding ortho intramolecular Hbond substituents is 1. The summed E-state index contributed by atoms with van der Waals surface area (Å²) in [6.45, 7) is 2.58. The van der Waals surface area contributed by atoms with Crippen molar-refractivity contribution in [3.63, 3.8) is 0 Å². The number of halogens is 1. The lowest BCUT2D eigenvalue weighted by atomic mass is 10.1. The van der Waals surface area contributed by atoms with Crippen molar-refractivity contribution in [2.75, 3.05) is 19.7 Å². The molecule has 0 aliphatic heterocycles. The molecule has 0 atom stereocenters. The highest BCUT2D eigenvalue weighted by atomic mass is 19.1. The van der Waals surface area contributed by atoms with Crippen LogP contribution in [0.25, 0.3) is 0 Å². The van der Waals surface area contributed by atoms with Crippen molar-refractivity contribution in [1.82, 2.24) is 4.90 Å². The van der Waals surface area contributed by atoms with Gasteiger partial charge in [-0.25, -0.2) is 4.39 Å². The van der Waals surface area contributed by atoms with E-state index in [1.54, 1.807) is 6.92 Å². The van der Waals surface area contributed by atoms with Crippen LogP contribution in [0.3, 0.4) is 0 Å². The quantitative estimate of drug-likeness (QED) is 0.818. The topological polar surface area (TPSA) is 60.8 Å². The third kappa shape index (κ3) is 3.42. The van der Waals surface area contributed by atoms with Gasteiger partial charge in [-0.3, -0.25) is 4.79 Å². The highest BCUT2D eigenvalue weighted by molar-refractivity contribution is 5.96. The van der Waals surface area contributed by atoms with E-state index in [0.29, 0.717) is 19.5 Å². The van der Waals surface area contributed by atoms with Crippen LogP contribution in [0.15, 0.2) is 18.2 Å². The molecule has 0 heterocycles. The van der Waals surface area contributed by atoms with Crippen LogP contribution in [0.1, 0.15) is 23.7 Å². The second-order valence-electron chi connectivity index (χ2n) is 3.62. The highest BCUT2D eigenvalue weighted by Gasteiger charge is 2.17. The van der Waals surface area contributed by atoms with E-state index < -0.39 is 11.7 Å². The lowest BCUT2D eigenvalue weighted by Gasteiger charge is -2.20. The summed E-state index contributed by atoms with van der Waals surface area (Å²) in [7, 11) is 0. The van der Waals surface area contributed by atoms with Gasteiger partial charge >= 0.3 is 0 Å². The molecule has 4 nitrogen and oxygen atoms in total. The first-order valence-electron chi connectivity index (χ1n) is 5.48. The highest BCUT2D eigenvalue weighted by Crippen LogP contribution is 2.19. The molecular formula is C12H16FNO3. The number of hydrogen-bond donors (Lipinski definition) is 2. The molecular weight excluding hydrogens is 225 g/mol. The van der Waals surface area contributed by atoms with Crippen LogP contribution in [0.5, 0.6) is 5.75 Å². The number of rotatable bonds is 5. The Morgan fingerprint density at radius 1 is 1.47 bits per heavy atom. The monoisotopic (exact) mass is 241 g/mol. The lowest BCUT2D eigenvalue weighted by molar-refractivity contribution is 0.0750. The number of aliphatic hydroxyl groups is 1. The molecule has 2 N–H and O–H groups in total. The van der Waals surface area contributed by atoms with Gasteiger partial charge in [0.15, 0.2) is 0 Å². The first-order valence-corrected chi connectivity index (χ1v) is 5.48. The summed E-state index contributed by atoms with van der Waals surface area (Å²) in [5, 5.41) is 18.2. The number of carbonyl (C=O) groups excluding carboxylic acids is 1. The molecule has 1 amide bonds. The standard InChI is InChI=1S/C12H16FNO3/c1-2-14(6-3-7-15)12(17)10-8-9(13)4-5-11(10)16/h4-5,8,15-16H,2-3,6-7H2,1H3. The van der Waals surface area contributed by atoms with Crippen LogP contribution in [-0.4, -0.2) is 40.7 Å². The van der Waals surface area contributed by atoms with E-state index in [2.05, 4.69) is 0 Å². The Morgan fingerprint density at radius 2 is 2.18 bits per heavy atom. The van der Waals surface area contributed by atoms with Gasteiger partial charge in [-0.05, 0) is 31.5 Å². The van der Waals surface area contributed by atoms with Gasteiger partial charge in [-0.2, -0.15) is 0 Å². The van der Waals surface area contributed by atoms with E-state index in [1.165, 1.54) is 4.90 Å². The second-order valence-corrected chi connectivity index (χ2v) is 3.62. The molecule has 0 fully saturated rings. The van der Waals surface area contributed by atoms with Crippen LogP contribution < -0.4 is 0 Å². The molecule has 0 aliphatic carbocycles. The van der Waals surface area contributed by atoms with Gasteiger partial charge < -0.3 is 15.1 Å². The fourth-order valence-corrected chi connectivity index (χ4v) is 1.51.